The lowest BCUT2D eigenvalue weighted by Gasteiger charge is -2.31. The molecule has 2 rings (SSSR count). The SMILES string of the molecule is CC(C)(C)SN[C@H]1CC[C@H](CNc2ccc(F)c(F)c2)CC1. The summed E-state index contributed by atoms with van der Waals surface area (Å²) < 4.78 is 29.8. The van der Waals surface area contributed by atoms with Crippen LogP contribution in [-0.2, 0) is 0 Å². The second-order valence-electron chi connectivity index (χ2n) is 7.06. The molecule has 0 atom stereocenters. The largest absolute Gasteiger partial charge is 0.385 e. The van der Waals surface area contributed by atoms with Crippen LogP contribution in [0, 0.1) is 17.6 Å². The van der Waals surface area contributed by atoms with E-state index in [1.165, 1.54) is 37.8 Å². The average Bonchev–Trinajstić information content (AvgIpc) is 2.47. The highest BCUT2D eigenvalue weighted by Gasteiger charge is 2.22. The zero-order valence-electron chi connectivity index (χ0n) is 13.6. The molecule has 1 fully saturated rings. The maximum Gasteiger partial charge on any atom is 0.160 e. The van der Waals surface area contributed by atoms with Crippen molar-refractivity contribution >= 4 is 17.6 Å². The minimum atomic E-state index is -0.798. The Morgan fingerprint density at radius 1 is 1.09 bits per heavy atom. The fourth-order valence-corrected chi connectivity index (χ4v) is 3.37. The van der Waals surface area contributed by atoms with Crippen molar-refractivity contribution < 1.29 is 8.78 Å². The number of rotatable bonds is 5. The monoisotopic (exact) mass is 328 g/mol. The molecule has 1 aromatic rings. The third-order valence-corrected chi connectivity index (χ3v) is 4.96. The molecular formula is C17H26F2N2S. The van der Waals surface area contributed by atoms with Gasteiger partial charge in [-0.3, -0.25) is 4.72 Å². The maximum atomic E-state index is 13.2. The van der Waals surface area contributed by atoms with Crippen LogP contribution >= 0.6 is 11.9 Å². The third kappa shape index (κ3) is 5.76. The van der Waals surface area contributed by atoms with E-state index in [1.807, 2.05) is 11.9 Å². The molecule has 0 aliphatic heterocycles. The Labute approximate surface area is 136 Å². The standard InChI is InChI=1S/C17H26F2N2S/c1-17(2,3)22-21-13-6-4-12(5-7-13)11-20-14-8-9-15(18)16(19)10-14/h8-10,12-13,20-21H,4-7,11H2,1-3H3/t12-,13-. The smallest absolute Gasteiger partial charge is 0.160 e. The van der Waals surface area contributed by atoms with E-state index in [0.717, 1.165) is 6.54 Å². The van der Waals surface area contributed by atoms with Crippen molar-refractivity contribution in [3.05, 3.63) is 29.8 Å². The Hall–Kier alpha value is -0.810. The number of benzene rings is 1. The summed E-state index contributed by atoms with van der Waals surface area (Å²) in [5.74, 6) is -0.989. The molecule has 0 unspecified atom stereocenters. The van der Waals surface area contributed by atoms with Gasteiger partial charge in [0.05, 0.1) is 0 Å². The summed E-state index contributed by atoms with van der Waals surface area (Å²) in [6, 6.07) is 4.57. The van der Waals surface area contributed by atoms with Crippen molar-refractivity contribution in [2.24, 2.45) is 5.92 Å². The number of halogens is 2. The van der Waals surface area contributed by atoms with Gasteiger partial charge in [0, 0.05) is 23.0 Å². The topological polar surface area (TPSA) is 24.1 Å². The minimum absolute atomic E-state index is 0.241. The van der Waals surface area contributed by atoms with E-state index in [4.69, 9.17) is 0 Å². The highest BCUT2D eigenvalue weighted by atomic mass is 32.2. The van der Waals surface area contributed by atoms with Crippen LogP contribution in [0.25, 0.3) is 0 Å². The van der Waals surface area contributed by atoms with Crippen LogP contribution in [0.15, 0.2) is 18.2 Å². The van der Waals surface area contributed by atoms with Gasteiger partial charge in [0.2, 0.25) is 0 Å². The molecule has 0 radical (unpaired) electrons. The molecule has 2 nitrogen and oxygen atoms in total. The highest BCUT2D eigenvalue weighted by Crippen LogP contribution is 2.28. The molecule has 2 N–H and O–H groups in total. The molecule has 1 aromatic carbocycles. The molecule has 0 bridgehead atoms. The summed E-state index contributed by atoms with van der Waals surface area (Å²) in [6.07, 6.45) is 4.68. The summed E-state index contributed by atoms with van der Waals surface area (Å²) in [7, 11) is 0. The van der Waals surface area contributed by atoms with Crippen LogP contribution < -0.4 is 10.0 Å². The highest BCUT2D eigenvalue weighted by molar-refractivity contribution is 7.98. The van der Waals surface area contributed by atoms with Gasteiger partial charge < -0.3 is 5.32 Å². The second kappa shape index (κ2) is 7.64. The summed E-state index contributed by atoms with van der Waals surface area (Å²) in [4.78, 5) is 0. The summed E-state index contributed by atoms with van der Waals surface area (Å²) in [5.41, 5.74) is 0.655. The third-order valence-electron chi connectivity index (χ3n) is 3.89. The zero-order valence-corrected chi connectivity index (χ0v) is 14.4. The Bertz CT molecular complexity index is 480. The fraction of sp³-hybridized carbons (Fsp3) is 0.647. The van der Waals surface area contributed by atoms with Gasteiger partial charge in [-0.05, 0) is 70.6 Å². The van der Waals surface area contributed by atoms with E-state index in [-0.39, 0.29) is 4.75 Å². The van der Waals surface area contributed by atoms with Crippen molar-refractivity contribution in [1.82, 2.24) is 4.72 Å². The Kier molecular flexibility index (Phi) is 6.09. The number of hydrogen-bond acceptors (Lipinski definition) is 3. The molecule has 5 heteroatoms. The van der Waals surface area contributed by atoms with Gasteiger partial charge in [-0.2, -0.15) is 0 Å². The predicted molar refractivity (Wildman–Crippen MR) is 91.1 cm³/mol. The van der Waals surface area contributed by atoms with E-state index in [1.54, 1.807) is 6.07 Å². The lowest BCUT2D eigenvalue weighted by Crippen LogP contribution is -2.33. The first-order valence-electron chi connectivity index (χ1n) is 7.96. The first-order valence-corrected chi connectivity index (χ1v) is 8.77. The fourth-order valence-electron chi connectivity index (χ4n) is 2.61. The Balaban J connectivity index is 1.70. The van der Waals surface area contributed by atoms with E-state index >= 15 is 0 Å². The normalized spacial score (nSPS) is 22.6. The molecule has 124 valence electrons. The van der Waals surface area contributed by atoms with Crippen molar-refractivity contribution in [3.63, 3.8) is 0 Å². The molecule has 0 heterocycles. The summed E-state index contributed by atoms with van der Waals surface area (Å²) in [5, 5.41) is 3.22. The summed E-state index contributed by atoms with van der Waals surface area (Å²) in [6.45, 7) is 7.45. The van der Waals surface area contributed by atoms with E-state index in [0.29, 0.717) is 17.6 Å². The first-order chi connectivity index (χ1) is 10.3. The van der Waals surface area contributed by atoms with Gasteiger partial charge in [0.1, 0.15) is 0 Å². The predicted octanol–water partition coefficient (Wildman–Crippen LogP) is 4.97. The lowest BCUT2D eigenvalue weighted by molar-refractivity contribution is 0.328. The van der Waals surface area contributed by atoms with Gasteiger partial charge in [0.15, 0.2) is 11.6 Å². The maximum absolute atomic E-state index is 13.2. The Morgan fingerprint density at radius 2 is 1.77 bits per heavy atom. The van der Waals surface area contributed by atoms with Crippen molar-refractivity contribution in [3.8, 4) is 0 Å². The number of hydrogen-bond donors (Lipinski definition) is 2. The van der Waals surface area contributed by atoms with Gasteiger partial charge in [-0.1, -0.05) is 11.9 Å². The van der Waals surface area contributed by atoms with Gasteiger partial charge >= 0.3 is 0 Å². The van der Waals surface area contributed by atoms with Crippen molar-refractivity contribution in [1.29, 1.82) is 0 Å². The zero-order chi connectivity index (χ0) is 16.2. The number of anilines is 1. The van der Waals surface area contributed by atoms with Crippen molar-refractivity contribution in [2.75, 3.05) is 11.9 Å². The van der Waals surface area contributed by atoms with Gasteiger partial charge in [0.25, 0.3) is 0 Å². The molecule has 0 spiro atoms. The van der Waals surface area contributed by atoms with Crippen LogP contribution in [0.1, 0.15) is 46.5 Å². The van der Waals surface area contributed by atoms with E-state index in [9.17, 15) is 8.78 Å². The average molecular weight is 328 g/mol. The molecule has 1 aliphatic carbocycles. The first kappa shape index (κ1) is 17.5. The Morgan fingerprint density at radius 3 is 2.36 bits per heavy atom. The van der Waals surface area contributed by atoms with Gasteiger partial charge in [-0.25, -0.2) is 8.78 Å². The van der Waals surface area contributed by atoms with Crippen LogP contribution in [0.5, 0.6) is 0 Å². The quantitative estimate of drug-likeness (QED) is 0.746. The van der Waals surface area contributed by atoms with E-state index in [2.05, 4.69) is 30.8 Å². The van der Waals surface area contributed by atoms with Crippen molar-refractivity contribution in [2.45, 2.75) is 57.2 Å². The lowest BCUT2D eigenvalue weighted by atomic mass is 9.86. The van der Waals surface area contributed by atoms with Gasteiger partial charge in [-0.15, -0.1) is 0 Å². The number of nitrogens with one attached hydrogen (secondary N) is 2. The molecule has 0 saturated heterocycles. The summed E-state index contributed by atoms with van der Waals surface area (Å²) >= 11 is 1.81. The van der Waals surface area contributed by atoms with Crippen LogP contribution in [-0.4, -0.2) is 17.3 Å². The van der Waals surface area contributed by atoms with Crippen LogP contribution in [0.4, 0.5) is 14.5 Å². The molecule has 22 heavy (non-hydrogen) atoms. The molecule has 1 aliphatic rings. The van der Waals surface area contributed by atoms with Crippen LogP contribution in [0.3, 0.4) is 0 Å². The van der Waals surface area contributed by atoms with E-state index < -0.39 is 11.6 Å². The molecule has 0 aromatic heterocycles. The minimum Gasteiger partial charge on any atom is -0.385 e. The molecule has 0 amide bonds. The second-order valence-corrected chi connectivity index (χ2v) is 8.72. The molecule has 1 saturated carbocycles. The molecular weight excluding hydrogens is 302 g/mol. The van der Waals surface area contributed by atoms with Crippen LogP contribution in [0.2, 0.25) is 0 Å².